The quantitative estimate of drug-likeness (QED) is 0.467. The molecule has 0 aromatic heterocycles. The molecule has 0 radical (unpaired) electrons. The summed E-state index contributed by atoms with van der Waals surface area (Å²) in [6, 6.07) is 11.2. The van der Waals surface area contributed by atoms with Crippen LogP contribution in [-0.4, -0.2) is 25.1 Å². The van der Waals surface area contributed by atoms with Crippen LogP contribution in [0.5, 0.6) is 5.75 Å². The van der Waals surface area contributed by atoms with Crippen molar-refractivity contribution in [3.63, 3.8) is 0 Å². The number of ether oxygens (including phenoxy) is 2. The van der Waals surface area contributed by atoms with Gasteiger partial charge >= 0.3 is 5.97 Å². The fourth-order valence-electron chi connectivity index (χ4n) is 2.11. The van der Waals surface area contributed by atoms with Crippen molar-refractivity contribution < 1.29 is 19.1 Å². The van der Waals surface area contributed by atoms with Crippen LogP contribution in [0.4, 0.5) is 5.69 Å². The van der Waals surface area contributed by atoms with Crippen molar-refractivity contribution in [1.29, 1.82) is 5.26 Å². The number of rotatable bonds is 8. The predicted octanol–water partition coefficient (Wildman–Crippen LogP) is 4.86. The monoisotopic (exact) mass is 440 g/mol. The van der Waals surface area contributed by atoms with Crippen LogP contribution in [0, 0.1) is 11.3 Å². The fraction of sp³-hybridized carbons (Fsp3) is 0.211. The third kappa shape index (κ3) is 6.93. The minimum Gasteiger partial charge on any atom is -0.492 e. The molecular formula is C19H15Cl3N2O4. The van der Waals surface area contributed by atoms with Gasteiger partial charge in [-0.2, -0.15) is 5.26 Å². The highest BCUT2D eigenvalue weighted by atomic mass is 35.5. The minimum atomic E-state index is -0.573. The molecule has 2 rings (SSSR count). The summed E-state index contributed by atoms with van der Waals surface area (Å²) in [6.07, 6.45) is 0.450. The average molecular weight is 442 g/mol. The normalized spacial score (nSPS) is 10.1. The Bertz CT molecular complexity index is 913. The summed E-state index contributed by atoms with van der Waals surface area (Å²) in [5.41, 5.74) is 0.506. The summed E-state index contributed by atoms with van der Waals surface area (Å²) in [4.78, 5) is 23.6. The summed E-state index contributed by atoms with van der Waals surface area (Å²) < 4.78 is 10.4. The molecule has 9 heteroatoms. The second kappa shape index (κ2) is 10.8. The molecule has 0 aliphatic carbocycles. The lowest BCUT2D eigenvalue weighted by molar-refractivity contribution is -0.147. The third-order valence-electron chi connectivity index (χ3n) is 3.42. The van der Waals surface area contributed by atoms with Gasteiger partial charge in [0.1, 0.15) is 11.8 Å². The van der Waals surface area contributed by atoms with Crippen LogP contribution in [0.1, 0.15) is 18.4 Å². The molecule has 0 aliphatic heterocycles. The summed E-state index contributed by atoms with van der Waals surface area (Å²) in [5, 5.41) is 12.7. The van der Waals surface area contributed by atoms with Gasteiger partial charge in [0.25, 0.3) is 5.91 Å². The summed E-state index contributed by atoms with van der Waals surface area (Å²) >= 11 is 17.6. The number of hydrogen-bond acceptors (Lipinski definition) is 5. The molecule has 0 aliphatic rings. The van der Waals surface area contributed by atoms with Crippen molar-refractivity contribution in [1.82, 2.24) is 0 Å². The van der Waals surface area contributed by atoms with E-state index in [-0.39, 0.29) is 24.3 Å². The number of carbonyl (C=O) groups excluding carboxylic acids is 2. The molecule has 28 heavy (non-hydrogen) atoms. The molecular weight excluding hydrogens is 427 g/mol. The van der Waals surface area contributed by atoms with Crippen LogP contribution >= 0.6 is 34.8 Å². The summed E-state index contributed by atoms with van der Waals surface area (Å²) in [6.45, 7) is -0.225. The van der Waals surface area contributed by atoms with Gasteiger partial charge in [0.15, 0.2) is 6.61 Å². The number of hydrogen-bond donors (Lipinski definition) is 1. The van der Waals surface area contributed by atoms with Crippen molar-refractivity contribution in [3.05, 3.63) is 57.0 Å². The Balaban J connectivity index is 1.70. The lowest BCUT2D eigenvalue weighted by Gasteiger charge is -2.09. The Morgan fingerprint density at radius 1 is 1.07 bits per heavy atom. The lowest BCUT2D eigenvalue weighted by Crippen LogP contribution is -2.21. The van der Waals surface area contributed by atoms with E-state index in [9.17, 15) is 9.59 Å². The molecule has 2 aromatic rings. The lowest BCUT2D eigenvalue weighted by atomic mass is 10.2. The van der Waals surface area contributed by atoms with Gasteiger partial charge in [-0.3, -0.25) is 9.59 Å². The number of amides is 1. The Kier molecular flexibility index (Phi) is 8.40. The van der Waals surface area contributed by atoms with Crippen LogP contribution in [0.25, 0.3) is 0 Å². The Morgan fingerprint density at radius 2 is 1.79 bits per heavy atom. The van der Waals surface area contributed by atoms with Crippen LogP contribution < -0.4 is 10.1 Å². The molecule has 0 unspecified atom stereocenters. The van der Waals surface area contributed by atoms with Gasteiger partial charge in [-0.25, -0.2) is 0 Å². The van der Waals surface area contributed by atoms with Crippen molar-refractivity contribution in [2.45, 2.75) is 12.8 Å². The molecule has 2 aromatic carbocycles. The summed E-state index contributed by atoms with van der Waals surface area (Å²) in [5.74, 6) is -0.655. The molecule has 0 fully saturated rings. The highest BCUT2D eigenvalue weighted by molar-refractivity contribution is 6.35. The second-order valence-electron chi connectivity index (χ2n) is 5.54. The first kappa shape index (κ1) is 21.8. The van der Waals surface area contributed by atoms with E-state index in [0.29, 0.717) is 27.2 Å². The van der Waals surface area contributed by atoms with Gasteiger partial charge in [0.05, 0.1) is 22.9 Å². The maximum atomic E-state index is 11.9. The Labute approximate surface area is 176 Å². The summed E-state index contributed by atoms with van der Waals surface area (Å²) in [7, 11) is 0. The van der Waals surface area contributed by atoms with E-state index in [4.69, 9.17) is 49.5 Å². The van der Waals surface area contributed by atoms with Crippen LogP contribution in [0.3, 0.4) is 0 Å². The predicted molar refractivity (Wildman–Crippen MR) is 107 cm³/mol. The van der Waals surface area contributed by atoms with Crippen molar-refractivity contribution >= 4 is 52.4 Å². The van der Waals surface area contributed by atoms with Gasteiger partial charge in [-0.05, 0) is 42.8 Å². The highest BCUT2D eigenvalue weighted by Crippen LogP contribution is 2.27. The van der Waals surface area contributed by atoms with E-state index in [1.807, 2.05) is 6.07 Å². The van der Waals surface area contributed by atoms with Crippen LogP contribution in [-0.2, 0) is 14.3 Å². The maximum Gasteiger partial charge on any atom is 0.306 e. The highest BCUT2D eigenvalue weighted by Gasteiger charge is 2.11. The molecule has 0 heterocycles. The number of anilines is 1. The van der Waals surface area contributed by atoms with E-state index in [0.717, 1.165) is 0 Å². The van der Waals surface area contributed by atoms with Crippen molar-refractivity contribution in [2.24, 2.45) is 0 Å². The molecule has 0 saturated heterocycles. The molecule has 0 saturated carbocycles. The Morgan fingerprint density at radius 3 is 2.50 bits per heavy atom. The van der Waals surface area contributed by atoms with Gasteiger partial charge in [-0.15, -0.1) is 0 Å². The van der Waals surface area contributed by atoms with E-state index >= 15 is 0 Å². The molecule has 0 bridgehead atoms. The number of nitrogens with one attached hydrogen (secondary N) is 1. The molecule has 1 amide bonds. The number of nitriles is 1. The number of halogens is 3. The first-order chi connectivity index (χ1) is 13.4. The molecule has 146 valence electrons. The molecule has 0 atom stereocenters. The number of nitrogens with zero attached hydrogens (tertiary/aromatic N) is 1. The molecule has 1 N–H and O–H groups in total. The average Bonchev–Trinajstić information content (AvgIpc) is 2.65. The zero-order valence-electron chi connectivity index (χ0n) is 14.5. The van der Waals surface area contributed by atoms with E-state index in [2.05, 4.69) is 5.32 Å². The minimum absolute atomic E-state index is 0.0686. The van der Waals surface area contributed by atoms with E-state index < -0.39 is 18.5 Å². The van der Waals surface area contributed by atoms with Crippen LogP contribution in [0.15, 0.2) is 36.4 Å². The van der Waals surface area contributed by atoms with Gasteiger partial charge in [0, 0.05) is 16.5 Å². The largest absolute Gasteiger partial charge is 0.492 e. The SMILES string of the molecule is N#Cc1ccc(Cl)cc1NC(=O)COC(=O)CCCOc1ccc(Cl)cc1Cl. The van der Waals surface area contributed by atoms with Crippen molar-refractivity contribution in [3.8, 4) is 11.8 Å². The van der Waals surface area contributed by atoms with Gasteiger partial charge < -0.3 is 14.8 Å². The molecule has 6 nitrogen and oxygen atoms in total. The molecule has 0 spiro atoms. The van der Waals surface area contributed by atoms with Crippen molar-refractivity contribution in [2.75, 3.05) is 18.5 Å². The maximum absolute atomic E-state index is 11.9. The second-order valence-corrected chi connectivity index (χ2v) is 6.82. The third-order valence-corrected chi connectivity index (χ3v) is 4.18. The zero-order valence-corrected chi connectivity index (χ0v) is 16.8. The smallest absolute Gasteiger partial charge is 0.306 e. The van der Waals surface area contributed by atoms with Crippen LogP contribution in [0.2, 0.25) is 15.1 Å². The van der Waals surface area contributed by atoms with Gasteiger partial charge in [-0.1, -0.05) is 34.8 Å². The number of esters is 1. The fourth-order valence-corrected chi connectivity index (χ4v) is 2.75. The van der Waals surface area contributed by atoms with E-state index in [1.165, 1.54) is 18.2 Å². The standard InChI is InChI=1S/C19H15Cl3N2O4/c20-13-5-6-17(15(22)8-13)27-7-1-2-19(26)28-11-18(25)24-16-9-14(21)4-3-12(16)10-23/h3-6,8-9H,1-2,7,11H2,(H,24,25). The zero-order chi connectivity index (χ0) is 20.5. The number of carbonyl (C=O) groups is 2. The Hall–Kier alpha value is -2.46. The topological polar surface area (TPSA) is 88.4 Å². The number of benzene rings is 2. The first-order valence-corrected chi connectivity index (χ1v) is 9.25. The first-order valence-electron chi connectivity index (χ1n) is 8.12. The van der Waals surface area contributed by atoms with Gasteiger partial charge in [0.2, 0.25) is 0 Å². The van der Waals surface area contributed by atoms with E-state index in [1.54, 1.807) is 18.2 Å².